The molecule has 1 saturated heterocycles. The van der Waals surface area contributed by atoms with Crippen LogP contribution in [0.4, 0.5) is 0 Å². The van der Waals surface area contributed by atoms with Crippen LogP contribution in [-0.4, -0.2) is 27.9 Å². The summed E-state index contributed by atoms with van der Waals surface area (Å²) in [6.07, 6.45) is 11.3. The predicted molar refractivity (Wildman–Crippen MR) is 100 cm³/mol. The van der Waals surface area contributed by atoms with Crippen molar-refractivity contribution in [3.05, 3.63) is 30.1 Å². The number of amides is 1. The molecule has 1 amide bonds. The molecular formula is C23H30N2O. The minimum Gasteiger partial charge on any atom is -0.334 e. The van der Waals surface area contributed by atoms with Crippen LogP contribution in [0.15, 0.2) is 24.4 Å². The quantitative estimate of drug-likeness (QED) is 0.767. The van der Waals surface area contributed by atoms with Gasteiger partial charge in [0, 0.05) is 23.3 Å². The summed E-state index contributed by atoms with van der Waals surface area (Å²) in [5, 5.41) is 0. The molecule has 0 spiro atoms. The highest BCUT2D eigenvalue weighted by Crippen LogP contribution is 2.64. The number of pyridine rings is 1. The average Bonchev–Trinajstić information content (AvgIpc) is 3.41. The van der Waals surface area contributed by atoms with E-state index in [9.17, 15) is 4.79 Å². The van der Waals surface area contributed by atoms with Crippen LogP contribution in [-0.2, 0) is 10.2 Å². The van der Waals surface area contributed by atoms with Crippen molar-refractivity contribution in [2.24, 2.45) is 29.1 Å². The molecule has 3 nitrogen and oxygen atoms in total. The number of rotatable bonds is 3. The van der Waals surface area contributed by atoms with E-state index < -0.39 is 0 Å². The summed E-state index contributed by atoms with van der Waals surface area (Å²) in [5.74, 6) is 3.88. The van der Waals surface area contributed by atoms with E-state index in [1.54, 1.807) is 0 Å². The van der Waals surface area contributed by atoms with Gasteiger partial charge in [0.1, 0.15) is 0 Å². The summed E-state index contributed by atoms with van der Waals surface area (Å²) < 4.78 is 0. The molecule has 5 saturated carbocycles. The molecule has 1 aliphatic heterocycles. The summed E-state index contributed by atoms with van der Waals surface area (Å²) in [6, 6.07) is 7.19. The Balaban J connectivity index is 1.38. The topological polar surface area (TPSA) is 33.2 Å². The molecule has 6 fully saturated rings. The second-order valence-corrected chi connectivity index (χ2v) is 10.6. The minimum atomic E-state index is -0.233. The molecule has 7 rings (SSSR count). The van der Waals surface area contributed by atoms with Crippen molar-refractivity contribution in [1.29, 1.82) is 0 Å². The van der Waals surface area contributed by atoms with Gasteiger partial charge in [-0.3, -0.25) is 9.78 Å². The van der Waals surface area contributed by atoms with Gasteiger partial charge in [0.15, 0.2) is 0 Å². The Morgan fingerprint density at radius 3 is 2.19 bits per heavy atom. The van der Waals surface area contributed by atoms with Crippen molar-refractivity contribution in [3.8, 4) is 0 Å². The zero-order valence-electron chi connectivity index (χ0n) is 16.0. The van der Waals surface area contributed by atoms with E-state index >= 15 is 0 Å². The van der Waals surface area contributed by atoms with Crippen LogP contribution < -0.4 is 0 Å². The van der Waals surface area contributed by atoms with Crippen molar-refractivity contribution in [2.45, 2.75) is 76.3 Å². The Morgan fingerprint density at radius 2 is 1.65 bits per heavy atom. The summed E-state index contributed by atoms with van der Waals surface area (Å²) >= 11 is 0. The first kappa shape index (κ1) is 15.7. The Labute approximate surface area is 156 Å². The van der Waals surface area contributed by atoms with Crippen LogP contribution in [0.1, 0.15) is 64.5 Å². The fraction of sp³-hybridized carbons (Fsp3) is 0.739. The van der Waals surface area contributed by atoms with Gasteiger partial charge in [-0.25, -0.2) is 0 Å². The maximum Gasteiger partial charge on any atom is 0.230 e. The lowest BCUT2D eigenvalue weighted by Crippen LogP contribution is -2.76. The van der Waals surface area contributed by atoms with Gasteiger partial charge in [0.05, 0.1) is 11.5 Å². The molecular weight excluding hydrogens is 320 g/mol. The lowest BCUT2D eigenvalue weighted by atomic mass is 9.52. The number of β-lactam (4-membered cyclic amide) rings is 1. The zero-order valence-corrected chi connectivity index (χ0v) is 16.0. The van der Waals surface area contributed by atoms with Crippen molar-refractivity contribution in [2.75, 3.05) is 0 Å². The third-order valence-electron chi connectivity index (χ3n) is 8.73. The first-order valence-electron chi connectivity index (χ1n) is 10.7. The van der Waals surface area contributed by atoms with Crippen LogP contribution in [0.3, 0.4) is 0 Å². The van der Waals surface area contributed by atoms with E-state index in [-0.39, 0.29) is 10.8 Å². The smallest absolute Gasteiger partial charge is 0.230 e. The molecule has 1 aromatic rings. The molecule has 0 radical (unpaired) electrons. The maximum absolute atomic E-state index is 13.3. The monoisotopic (exact) mass is 350 g/mol. The molecule has 0 N–H and O–H groups in total. The molecule has 26 heavy (non-hydrogen) atoms. The number of carbonyl (C=O) groups excluding carboxylic acids is 1. The Bertz CT molecular complexity index is 723. The molecule has 138 valence electrons. The maximum atomic E-state index is 13.3. The Kier molecular flexibility index (Phi) is 2.96. The summed E-state index contributed by atoms with van der Waals surface area (Å²) in [5.41, 5.74) is 1.11. The average molecular weight is 351 g/mol. The van der Waals surface area contributed by atoms with Crippen LogP contribution in [0.25, 0.3) is 0 Å². The van der Waals surface area contributed by atoms with Crippen molar-refractivity contribution < 1.29 is 4.79 Å². The fourth-order valence-electron chi connectivity index (χ4n) is 7.93. The second kappa shape index (κ2) is 4.91. The normalized spacial score (nSPS) is 44.1. The zero-order chi connectivity index (χ0) is 17.7. The van der Waals surface area contributed by atoms with E-state index in [1.165, 1.54) is 50.6 Å². The lowest BCUT2D eigenvalue weighted by molar-refractivity contribution is -0.195. The Hall–Kier alpha value is -1.38. The van der Waals surface area contributed by atoms with Crippen LogP contribution >= 0.6 is 0 Å². The van der Waals surface area contributed by atoms with Gasteiger partial charge in [-0.2, -0.15) is 0 Å². The van der Waals surface area contributed by atoms with E-state index in [4.69, 9.17) is 4.98 Å². The van der Waals surface area contributed by atoms with E-state index in [2.05, 4.69) is 30.9 Å². The summed E-state index contributed by atoms with van der Waals surface area (Å²) in [6.45, 7) is 4.38. The van der Waals surface area contributed by atoms with Gasteiger partial charge in [-0.1, -0.05) is 6.07 Å². The third kappa shape index (κ3) is 1.85. The summed E-state index contributed by atoms with van der Waals surface area (Å²) in [7, 11) is 0. The second-order valence-electron chi connectivity index (χ2n) is 10.6. The SMILES string of the molecule is CC1(C)C(=O)N(C2C3CC4CC(C3)CC2C4)C1C1(c2ccccn2)CC1. The number of likely N-dealkylation sites (tertiary alicyclic amines) is 1. The fourth-order valence-corrected chi connectivity index (χ4v) is 7.93. The minimum absolute atomic E-state index is 0.118. The number of nitrogens with zero attached hydrogens (tertiary/aromatic N) is 2. The highest BCUT2D eigenvalue weighted by molar-refractivity contribution is 5.91. The molecule has 1 atom stereocenters. The molecule has 6 aliphatic rings. The van der Waals surface area contributed by atoms with Gasteiger partial charge < -0.3 is 4.90 Å². The number of hydrogen-bond donors (Lipinski definition) is 0. The van der Waals surface area contributed by atoms with Crippen molar-refractivity contribution in [1.82, 2.24) is 9.88 Å². The van der Waals surface area contributed by atoms with Gasteiger partial charge in [-0.15, -0.1) is 0 Å². The molecule has 4 bridgehead atoms. The highest BCUT2D eigenvalue weighted by atomic mass is 16.2. The van der Waals surface area contributed by atoms with Gasteiger partial charge in [0.2, 0.25) is 5.91 Å². The number of aromatic nitrogens is 1. The van der Waals surface area contributed by atoms with Gasteiger partial charge in [-0.05, 0) is 94.6 Å². The van der Waals surface area contributed by atoms with E-state index in [0.29, 0.717) is 18.0 Å². The first-order chi connectivity index (χ1) is 12.5. The van der Waals surface area contributed by atoms with Crippen LogP contribution in [0.5, 0.6) is 0 Å². The Morgan fingerprint density at radius 1 is 1.00 bits per heavy atom. The predicted octanol–water partition coefficient (Wildman–Crippen LogP) is 4.17. The van der Waals surface area contributed by atoms with Crippen molar-refractivity contribution >= 4 is 5.91 Å². The summed E-state index contributed by atoms with van der Waals surface area (Å²) in [4.78, 5) is 20.5. The first-order valence-corrected chi connectivity index (χ1v) is 10.7. The largest absolute Gasteiger partial charge is 0.334 e. The molecule has 1 unspecified atom stereocenters. The van der Waals surface area contributed by atoms with Crippen LogP contribution in [0, 0.1) is 29.1 Å². The highest BCUT2D eigenvalue weighted by Gasteiger charge is 2.70. The van der Waals surface area contributed by atoms with Crippen molar-refractivity contribution in [3.63, 3.8) is 0 Å². The number of hydrogen-bond acceptors (Lipinski definition) is 2. The van der Waals surface area contributed by atoms with Crippen LogP contribution in [0.2, 0.25) is 0 Å². The molecule has 2 heterocycles. The van der Waals surface area contributed by atoms with E-state index in [1.807, 2.05) is 12.3 Å². The van der Waals surface area contributed by atoms with Gasteiger partial charge >= 0.3 is 0 Å². The molecule has 5 aliphatic carbocycles. The molecule has 3 heteroatoms. The van der Waals surface area contributed by atoms with E-state index in [0.717, 1.165) is 23.7 Å². The third-order valence-corrected chi connectivity index (χ3v) is 8.73. The number of carbonyl (C=O) groups is 1. The molecule has 1 aromatic heterocycles. The lowest BCUT2D eigenvalue weighted by Gasteiger charge is -2.66. The standard InChI is InChI=1S/C23H30N2O/c1-22(2)20(23(6-7-23)18-5-3-4-8-24-18)25(21(22)26)19-16-10-14-9-15(12-16)13-17(19)11-14/h3-5,8,14-17,19-20H,6-7,9-13H2,1-2H3. The van der Waals surface area contributed by atoms with Gasteiger partial charge in [0.25, 0.3) is 0 Å². The molecule has 0 aromatic carbocycles.